The van der Waals surface area contributed by atoms with Crippen LogP contribution in [0.3, 0.4) is 0 Å². The first-order valence-corrected chi connectivity index (χ1v) is 9.15. The highest BCUT2D eigenvalue weighted by molar-refractivity contribution is 5.94. The number of carbonyl (C=O) groups excluding carboxylic acids is 2. The van der Waals surface area contributed by atoms with E-state index in [9.17, 15) is 9.59 Å². The number of benzene rings is 3. The molecule has 0 spiro atoms. The summed E-state index contributed by atoms with van der Waals surface area (Å²) in [7, 11) is 0. The number of aryl methyl sites for hydroxylation is 2. The Kier molecular flexibility index (Phi) is 5.90. The molecule has 0 aliphatic heterocycles. The number of hydrogen-bond acceptors (Lipinski definition) is 3. The van der Waals surface area contributed by atoms with Gasteiger partial charge in [0.1, 0.15) is 5.75 Å². The van der Waals surface area contributed by atoms with Crippen LogP contribution in [0, 0.1) is 13.8 Å². The van der Waals surface area contributed by atoms with Gasteiger partial charge in [-0.15, -0.1) is 0 Å². The maximum Gasteiger partial charge on any atom is 0.308 e. The lowest BCUT2D eigenvalue weighted by atomic mass is 9.95. The minimum Gasteiger partial charge on any atom is -0.427 e. The van der Waals surface area contributed by atoms with Gasteiger partial charge in [-0.1, -0.05) is 48.5 Å². The Morgan fingerprint density at radius 2 is 1.50 bits per heavy atom. The quantitative estimate of drug-likeness (QED) is 0.519. The molecular formula is C24H23NO3. The first kappa shape index (κ1) is 19.4. The van der Waals surface area contributed by atoms with Crippen molar-refractivity contribution in [1.29, 1.82) is 0 Å². The Labute approximate surface area is 165 Å². The normalized spacial score (nSPS) is 11.5. The zero-order valence-electron chi connectivity index (χ0n) is 16.2. The van der Waals surface area contributed by atoms with E-state index in [-0.39, 0.29) is 11.9 Å². The van der Waals surface area contributed by atoms with E-state index in [0.717, 1.165) is 11.1 Å². The number of hydrogen-bond donors (Lipinski definition) is 1. The van der Waals surface area contributed by atoms with Gasteiger partial charge in [-0.25, -0.2) is 0 Å². The van der Waals surface area contributed by atoms with Crippen LogP contribution in [-0.2, 0) is 4.79 Å². The molecule has 1 amide bonds. The molecule has 3 aromatic rings. The van der Waals surface area contributed by atoms with Crippen LogP contribution in [-0.4, -0.2) is 11.9 Å². The highest BCUT2D eigenvalue weighted by atomic mass is 16.5. The van der Waals surface area contributed by atoms with E-state index in [0.29, 0.717) is 11.3 Å². The number of esters is 1. The summed E-state index contributed by atoms with van der Waals surface area (Å²) in [6.45, 7) is 5.48. The average molecular weight is 373 g/mol. The predicted octanol–water partition coefficient (Wildman–Crippen LogP) is 4.75. The van der Waals surface area contributed by atoms with Gasteiger partial charge in [-0.2, -0.15) is 0 Å². The van der Waals surface area contributed by atoms with Crippen molar-refractivity contribution in [2.45, 2.75) is 26.8 Å². The van der Waals surface area contributed by atoms with Crippen molar-refractivity contribution >= 4 is 11.9 Å². The molecule has 0 fully saturated rings. The summed E-state index contributed by atoms with van der Waals surface area (Å²) in [5, 5.41) is 3.13. The minimum absolute atomic E-state index is 0.193. The smallest absolute Gasteiger partial charge is 0.308 e. The van der Waals surface area contributed by atoms with Crippen molar-refractivity contribution in [2.24, 2.45) is 0 Å². The molecule has 3 rings (SSSR count). The van der Waals surface area contributed by atoms with E-state index in [4.69, 9.17) is 4.74 Å². The summed E-state index contributed by atoms with van der Waals surface area (Å²) in [4.78, 5) is 23.9. The Hall–Kier alpha value is -3.40. The highest BCUT2D eigenvalue weighted by Crippen LogP contribution is 2.25. The Morgan fingerprint density at radius 3 is 2.11 bits per heavy atom. The first-order valence-electron chi connectivity index (χ1n) is 9.15. The highest BCUT2D eigenvalue weighted by Gasteiger charge is 2.18. The van der Waals surface area contributed by atoms with E-state index in [1.807, 2.05) is 36.4 Å². The van der Waals surface area contributed by atoms with Crippen LogP contribution in [0.1, 0.15) is 45.6 Å². The van der Waals surface area contributed by atoms with Crippen molar-refractivity contribution in [1.82, 2.24) is 5.32 Å². The summed E-state index contributed by atoms with van der Waals surface area (Å²) >= 11 is 0. The van der Waals surface area contributed by atoms with Gasteiger partial charge in [0.15, 0.2) is 0 Å². The molecule has 1 atom stereocenters. The Bertz CT molecular complexity index is 978. The van der Waals surface area contributed by atoms with Crippen molar-refractivity contribution in [3.05, 3.63) is 101 Å². The third-order valence-corrected chi connectivity index (χ3v) is 4.65. The van der Waals surface area contributed by atoms with Crippen LogP contribution < -0.4 is 10.1 Å². The summed E-state index contributed by atoms with van der Waals surface area (Å²) < 4.78 is 5.02. The molecule has 0 saturated heterocycles. The minimum atomic E-state index is -0.393. The molecule has 0 heterocycles. The van der Waals surface area contributed by atoms with Gasteiger partial charge in [-0.05, 0) is 60.4 Å². The second-order valence-corrected chi connectivity index (χ2v) is 6.78. The second kappa shape index (κ2) is 8.53. The summed E-state index contributed by atoms with van der Waals surface area (Å²) in [5.41, 5.74) is 4.93. The average Bonchev–Trinajstić information content (AvgIpc) is 2.69. The van der Waals surface area contributed by atoms with Gasteiger partial charge >= 0.3 is 5.97 Å². The van der Waals surface area contributed by atoms with Crippen molar-refractivity contribution < 1.29 is 14.3 Å². The molecule has 28 heavy (non-hydrogen) atoms. The molecular weight excluding hydrogens is 350 g/mol. The van der Waals surface area contributed by atoms with Crippen LogP contribution in [0.15, 0.2) is 72.8 Å². The number of nitrogens with one attached hydrogen (secondary N) is 1. The Balaban J connectivity index is 1.88. The second-order valence-electron chi connectivity index (χ2n) is 6.78. The van der Waals surface area contributed by atoms with Crippen molar-refractivity contribution in [3.63, 3.8) is 0 Å². The SMILES string of the molecule is CC(=O)Oc1ccc(C(=O)NC(c2ccccc2)c2ccc(C)c(C)c2)cc1. The topological polar surface area (TPSA) is 55.4 Å². The summed E-state index contributed by atoms with van der Waals surface area (Å²) in [6.07, 6.45) is 0. The molecule has 0 aromatic heterocycles. The van der Waals surface area contributed by atoms with Gasteiger partial charge in [0.05, 0.1) is 6.04 Å². The first-order chi connectivity index (χ1) is 13.4. The van der Waals surface area contributed by atoms with Crippen LogP contribution in [0.2, 0.25) is 0 Å². The van der Waals surface area contributed by atoms with E-state index < -0.39 is 5.97 Å². The molecule has 4 heteroatoms. The van der Waals surface area contributed by atoms with Crippen LogP contribution in [0.25, 0.3) is 0 Å². The maximum absolute atomic E-state index is 12.9. The standard InChI is InChI=1S/C24H23NO3/c1-16-9-10-21(15-17(16)2)23(19-7-5-4-6-8-19)25-24(27)20-11-13-22(14-12-20)28-18(3)26/h4-15,23H,1-3H3,(H,25,27). The molecule has 1 unspecified atom stereocenters. The fourth-order valence-corrected chi connectivity index (χ4v) is 3.00. The van der Waals surface area contributed by atoms with E-state index in [2.05, 4.69) is 31.3 Å². The lowest BCUT2D eigenvalue weighted by Gasteiger charge is -2.21. The molecule has 0 aliphatic rings. The monoisotopic (exact) mass is 373 g/mol. The van der Waals surface area contributed by atoms with Gasteiger partial charge < -0.3 is 10.1 Å². The third-order valence-electron chi connectivity index (χ3n) is 4.65. The molecule has 4 nitrogen and oxygen atoms in total. The van der Waals surface area contributed by atoms with E-state index in [1.165, 1.54) is 18.1 Å². The van der Waals surface area contributed by atoms with Gasteiger partial charge in [0.2, 0.25) is 0 Å². The predicted molar refractivity (Wildman–Crippen MR) is 109 cm³/mol. The van der Waals surface area contributed by atoms with Crippen molar-refractivity contribution in [2.75, 3.05) is 0 Å². The lowest BCUT2D eigenvalue weighted by molar-refractivity contribution is -0.131. The molecule has 3 aromatic carbocycles. The summed E-state index contributed by atoms with van der Waals surface area (Å²) in [5.74, 6) is -0.171. The fourth-order valence-electron chi connectivity index (χ4n) is 3.00. The molecule has 0 radical (unpaired) electrons. The third kappa shape index (κ3) is 4.65. The fraction of sp³-hybridized carbons (Fsp3) is 0.167. The zero-order chi connectivity index (χ0) is 20.1. The van der Waals surface area contributed by atoms with Crippen LogP contribution in [0.5, 0.6) is 5.75 Å². The molecule has 1 N–H and O–H groups in total. The van der Waals surface area contributed by atoms with Crippen LogP contribution >= 0.6 is 0 Å². The number of ether oxygens (including phenoxy) is 1. The lowest BCUT2D eigenvalue weighted by Crippen LogP contribution is -2.29. The number of rotatable bonds is 5. The van der Waals surface area contributed by atoms with E-state index >= 15 is 0 Å². The molecule has 142 valence electrons. The zero-order valence-corrected chi connectivity index (χ0v) is 16.2. The largest absolute Gasteiger partial charge is 0.427 e. The van der Waals surface area contributed by atoms with Crippen LogP contribution in [0.4, 0.5) is 0 Å². The molecule has 0 aliphatic carbocycles. The van der Waals surface area contributed by atoms with Gasteiger partial charge in [-0.3, -0.25) is 9.59 Å². The number of amides is 1. The molecule has 0 saturated carbocycles. The summed E-state index contributed by atoms with van der Waals surface area (Å²) in [6, 6.07) is 22.4. The van der Waals surface area contributed by atoms with Crippen molar-refractivity contribution in [3.8, 4) is 5.75 Å². The van der Waals surface area contributed by atoms with E-state index in [1.54, 1.807) is 24.3 Å². The Morgan fingerprint density at radius 1 is 0.821 bits per heavy atom. The maximum atomic E-state index is 12.9. The molecule has 0 bridgehead atoms. The number of carbonyl (C=O) groups is 2. The van der Waals surface area contributed by atoms with Gasteiger partial charge in [0.25, 0.3) is 5.91 Å². The van der Waals surface area contributed by atoms with Gasteiger partial charge in [0, 0.05) is 12.5 Å².